The number of aryl methyl sites for hydroxylation is 1. The SMILES string of the molecule is CCCOC(=O)c1c(NC(=O)CCCl)sc2c1CCCC2. The second-order valence-electron chi connectivity index (χ2n) is 5.04. The molecule has 21 heavy (non-hydrogen) atoms. The second-order valence-corrected chi connectivity index (χ2v) is 6.52. The molecule has 0 aromatic carbocycles. The number of anilines is 1. The molecule has 1 amide bonds. The number of carbonyl (C=O) groups excluding carboxylic acids is 2. The fourth-order valence-electron chi connectivity index (χ4n) is 2.41. The molecule has 0 spiro atoms. The Morgan fingerprint density at radius 1 is 1.33 bits per heavy atom. The van der Waals surface area contributed by atoms with Crippen LogP contribution < -0.4 is 5.32 Å². The lowest BCUT2D eigenvalue weighted by Gasteiger charge is -2.12. The van der Waals surface area contributed by atoms with E-state index in [2.05, 4.69) is 5.32 Å². The fraction of sp³-hybridized carbons (Fsp3) is 0.600. The van der Waals surface area contributed by atoms with Gasteiger partial charge in [0.05, 0.1) is 12.2 Å². The largest absolute Gasteiger partial charge is 0.462 e. The molecule has 0 saturated carbocycles. The van der Waals surface area contributed by atoms with Gasteiger partial charge in [0.1, 0.15) is 5.00 Å². The number of halogens is 1. The Balaban J connectivity index is 2.27. The highest BCUT2D eigenvalue weighted by atomic mass is 35.5. The third-order valence-electron chi connectivity index (χ3n) is 3.39. The van der Waals surface area contributed by atoms with Crippen molar-refractivity contribution in [1.29, 1.82) is 0 Å². The molecular formula is C15H20ClNO3S. The second kappa shape index (κ2) is 7.80. The van der Waals surface area contributed by atoms with Crippen LogP contribution in [-0.2, 0) is 22.4 Å². The van der Waals surface area contributed by atoms with E-state index in [9.17, 15) is 9.59 Å². The minimum absolute atomic E-state index is 0.159. The number of fused-ring (bicyclic) bond motifs is 1. The lowest BCUT2D eigenvalue weighted by molar-refractivity contribution is -0.115. The topological polar surface area (TPSA) is 55.4 Å². The quantitative estimate of drug-likeness (QED) is 0.638. The first kappa shape index (κ1) is 16.3. The number of hydrogen-bond donors (Lipinski definition) is 1. The lowest BCUT2D eigenvalue weighted by Crippen LogP contribution is -2.16. The summed E-state index contributed by atoms with van der Waals surface area (Å²) in [5.41, 5.74) is 1.62. The summed E-state index contributed by atoms with van der Waals surface area (Å²) in [6.07, 6.45) is 5.09. The van der Waals surface area contributed by atoms with Crippen LogP contribution in [0.1, 0.15) is 53.4 Å². The van der Waals surface area contributed by atoms with Crippen molar-refractivity contribution in [2.75, 3.05) is 17.8 Å². The molecule has 0 saturated heterocycles. The minimum atomic E-state index is -0.322. The van der Waals surface area contributed by atoms with Crippen LogP contribution in [0.4, 0.5) is 5.00 Å². The number of nitrogens with one attached hydrogen (secondary N) is 1. The third kappa shape index (κ3) is 3.98. The van der Waals surface area contributed by atoms with E-state index in [-0.39, 0.29) is 24.2 Å². The predicted octanol–water partition coefficient (Wildman–Crippen LogP) is 3.76. The number of rotatable bonds is 6. The molecule has 0 unspecified atom stereocenters. The molecule has 1 heterocycles. The van der Waals surface area contributed by atoms with Crippen molar-refractivity contribution in [2.45, 2.75) is 45.4 Å². The van der Waals surface area contributed by atoms with Crippen molar-refractivity contribution in [1.82, 2.24) is 0 Å². The van der Waals surface area contributed by atoms with Crippen LogP contribution in [0.5, 0.6) is 0 Å². The molecule has 2 rings (SSSR count). The Morgan fingerprint density at radius 2 is 2.10 bits per heavy atom. The fourth-order valence-corrected chi connectivity index (χ4v) is 3.88. The average molecular weight is 330 g/mol. The molecule has 1 aromatic rings. The van der Waals surface area contributed by atoms with Crippen molar-refractivity contribution in [3.8, 4) is 0 Å². The molecule has 0 bridgehead atoms. The summed E-state index contributed by atoms with van der Waals surface area (Å²) in [5, 5.41) is 3.44. The van der Waals surface area contributed by atoms with Crippen molar-refractivity contribution >= 4 is 39.8 Å². The average Bonchev–Trinajstić information content (AvgIpc) is 2.82. The van der Waals surface area contributed by atoms with Crippen LogP contribution >= 0.6 is 22.9 Å². The van der Waals surface area contributed by atoms with Crippen LogP contribution in [0.25, 0.3) is 0 Å². The van der Waals surface area contributed by atoms with E-state index in [1.54, 1.807) is 0 Å². The van der Waals surface area contributed by atoms with Gasteiger partial charge in [-0.1, -0.05) is 6.92 Å². The molecule has 6 heteroatoms. The normalized spacial score (nSPS) is 13.6. The molecule has 0 aliphatic heterocycles. The van der Waals surface area contributed by atoms with E-state index < -0.39 is 0 Å². The Kier molecular flexibility index (Phi) is 6.06. The Bertz CT molecular complexity index is 527. The van der Waals surface area contributed by atoms with E-state index >= 15 is 0 Å². The first-order chi connectivity index (χ1) is 10.2. The van der Waals surface area contributed by atoms with Crippen LogP contribution in [0.3, 0.4) is 0 Å². The maximum Gasteiger partial charge on any atom is 0.341 e. The van der Waals surface area contributed by atoms with Gasteiger partial charge < -0.3 is 10.1 Å². The highest BCUT2D eigenvalue weighted by Gasteiger charge is 2.27. The summed E-state index contributed by atoms with van der Waals surface area (Å²) in [6, 6.07) is 0. The van der Waals surface area contributed by atoms with Gasteiger partial charge in [-0.05, 0) is 37.7 Å². The predicted molar refractivity (Wildman–Crippen MR) is 85.5 cm³/mol. The zero-order chi connectivity index (χ0) is 15.2. The number of carbonyl (C=O) groups is 2. The van der Waals surface area contributed by atoms with Crippen LogP contribution in [0.15, 0.2) is 0 Å². The standard InChI is InChI=1S/C15H20ClNO3S/c1-2-9-20-15(19)13-10-5-3-4-6-11(10)21-14(13)17-12(18)7-8-16/h2-9H2,1H3,(H,17,18). The van der Waals surface area contributed by atoms with Gasteiger partial charge in [-0.15, -0.1) is 22.9 Å². The summed E-state index contributed by atoms with van der Waals surface area (Å²) < 4.78 is 5.27. The van der Waals surface area contributed by atoms with Crippen LogP contribution in [-0.4, -0.2) is 24.4 Å². The maximum absolute atomic E-state index is 12.3. The van der Waals surface area contributed by atoms with Gasteiger partial charge in [-0.25, -0.2) is 4.79 Å². The van der Waals surface area contributed by atoms with Gasteiger partial charge in [0, 0.05) is 17.2 Å². The van der Waals surface area contributed by atoms with Gasteiger partial charge in [0.15, 0.2) is 0 Å². The number of amides is 1. The summed E-state index contributed by atoms with van der Waals surface area (Å²) in [4.78, 5) is 25.3. The Morgan fingerprint density at radius 3 is 2.81 bits per heavy atom. The molecular weight excluding hydrogens is 310 g/mol. The molecule has 1 aromatic heterocycles. The van der Waals surface area contributed by atoms with Gasteiger partial charge >= 0.3 is 5.97 Å². The number of thiophene rings is 1. The number of ether oxygens (including phenoxy) is 1. The molecule has 1 N–H and O–H groups in total. The van der Waals surface area contributed by atoms with Crippen molar-refractivity contribution in [3.63, 3.8) is 0 Å². The number of alkyl halides is 1. The van der Waals surface area contributed by atoms with Crippen LogP contribution in [0.2, 0.25) is 0 Å². The van der Waals surface area contributed by atoms with E-state index in [0.29, 0.717) is 17.2 Å². The Hall–Kier alpha value is -1.07. The first-order valence-electron chi connectivity index (χ1n) is 7.34. The van der Waals surface area contributed by atoms with Crippen LogP contribution in [0, 0.1) is 0 Å². The van der Waals surface area contributed by atoms with Gasteiger partial charge in [0.2, 0.25) is 5.91 Å². The zero-order valence-corrected chi connectivity index (χ0v) is 13.7. The Labute approximate surface area is 133 Å². The third-order valence-corrected chi connectivity index (χ3v) is 4.78. The highest BCUT2D eigenvalue weighted by Crippen LogP contribution is 2.38. The molecule has 0 fully saturated rings. The van der Waals surface area contributed by atoms with E-state index in [4.69, 9.17) is 16.3 Å². The zero-order valence-electron chi connectivity index (χ0n) is 12.2. The summed E-state index contributed by atoms with van der Waals surface area (Å²) >= 11 is 7.09. The van der Waals surface area contributed by atoms with E-state index in [1.165, 1.54) is 16.2 Å². The maximum atomic E-state index is 12.3. The number of esters is 1. The first-order valence-corrected chi connectivity index (χ1v) is 8.70. The minimum Gasteiger partial charge on any atom is -0.462 e. The van der Waals surface area contributed by atoms with Gasteiger partial charge in [-0.2, -0.15) is 0 Å². The molecule has 1 aliphatic rings. The molecule has 4 nitrogen and oxygen atoms in total. The van der Waals surface area contributed by atoms with Crippen molar-refractivity contribution < 1.29 is 14.3 Å². The molecule has 0 radical (unpaired) electrons. The highest BCUT2D eigenvalue weighted by molar-refractivity contribution is 7.17. The molecule has 116 valence electrons. The monoisotopic (exact) mass is 329 g/mol. The van der Waals surface area contributed by atoms with Crippen molar-refractivity contribution in [3.05, 3.63) is 16.0 Å². The molecule has 1 aliphatic carbocycles. The lowest BCUT2D eigenvalue weighted by atomic mass is 9.95. The van der Waals surface area contributed by atoms with Crippen molar-refractivity contribution in [2.24, 2.45) is 0 Å². The summed E-state index contributed by atoms with van der Waals surface area (Å²) in [6.45, 7) is 2.36. The van der Waals surface area contributed by atoms with Gasteiger partial charge in [-0.3, -0.25) is 4.79 Å². The smallest absolute Gasteiger partial charge is 0.341 e. The van der Waals surface area contributed by atoms with E-state index in [1.807, 2.05) is 6.92 Å². The van der Waals surface area contributed by atoms with E-state index in [0.717, 1.165) is 37.7 Å². The molecule has 0 atom stereocenters. The summed E-state index contributed by atoms with van der Waals surface area (Å²) in [7, 11) is 0. The number of hydrogen-bond acceptors (Lipinski definition) is 4. The summed E-state index contributed by atoms with van der Waals surface area (Å²) in [5.74, 6) is -0.211. The van der Waals surface area contributed by atoms with Gasteiger partial charge in [0.25, 0.3) is 0 Å².